The molecule has 27 nitrogen and oxygen atoms in total. The number of pyridine rings is 1. The fraction of sp³-hybridized carbons (Fsp3) is 0.205. The van der Waals surface area contributed by atoms with Crippen molar-refractivity contribution in [1.82, 2.24) is 14.4 Å². The summed E-state index contributed by atoms with van der Waals surface area (Å²) in [6.07, 6.45) is -0.240. The zero-order chi connectivity index (χ0) is 57.7. The third-order valence-corrected chi connectivity index (χ3v) is 18.2. The molecule has 3 heterocycles. The van der Waals surface area contributed by atoms with Crippen molar-refractivity contribution >= 4 is 157 Å². The summed E-state index contributed by atoms with van der Waals surface area (Å²) < 4.78 is 174. The van der Waals surface area contributed by atoms with Crippen molar-refractivity contribution in [3.05, 3.63) is 87.9 Å². The van der Waals surface area contributed by atoms with Gasteiger partial charge < -0.3 is 9.84 Å². The number of fused-ring (bicyclic) bond motifs is 6. The number of benzene rings is 5. The van der Waals surface area contributed by atoms with Gasteiger partial charge in [0.2, 0.25) is 11.0 Å². The predicted octanol–water partition coefficient (Wildman–Crippen LogP) is 10.4. The van der Waals surface area contributed by atoms with Crippen LogP contribution in [0, 0.1) is 32.1 Å². The molecule has 0 saturated heterocycles. The van der Waals surface area contributed by atoms with Crippen LogP contribution in [0.2, 0.25) is 5.02 Å². The Morgan fingerprint density at radius 3 is 2.01 bits per heavy atom. The van der Waals surface area contributed by atoms with Gasteiger partial charge in [0.15, 0.2) is 11.3 Å². The van der Waals surface area contributed by atoms with E-state index in [1.54, 1.807) is 6.92 Å². The molecular formula is C44H37ClN10O17S7. The van der Waals surface area contributed by atoms with Crippen LogP contribution in [-0.4, -0.2) is 108 Å². The summed E-state index contributed by atoms with van der Waals surface area (Å²) in [6, 6.07) is 14.3. The molecule has 0 spiro atoms. The van der Waals surface area contributed by atoms with Gasteiger partial charge in [-0.05, 0) is 104 Å². The number of azo groups is 3. The Balaban J connectivity index is 1.18. The van der Waals surface area contributed by atoms with Crippen LogP contribution in [0.25, 0.3) is 37.7 Å². The Kier molecular flexibility index (Phi) is 16.3. The second-order valence-electron chi connectivity index (χ2n) is 16.9. The molecule has 414 valence electrons. The highest BCUT2D eigenvalue weighted by atomic mass is 35.5. The standard InChI is InChI=1S/C44H37ClN10O17S7/c1-21-14-31(51-53-39-22(2)27(20-46)42-47-38-23(3)36(78(66,67)68)9-8-33(38)55(42)43(39)56)34(72-10-4-12-75(57,58)59)18-29(21)49-52-32-17-28(45)30(19-35(32)73-11-5-13-76(60,61)62)50-54-44-48-40-37(79(69,70)71)15-24-6-7-25(77(63,64)65)16-26(24)41(40)74-44/h6-9,14-19,56H,4-5,10-13H2,1-3H3,(H,57,58,59)(H,60,61,62)(H,63,64,65)(H,66,67,68)(H,69,70,71). The van der Waals surface area contributed by atoms with Crippen molar-refractivity contribution in [1.29, 1.82) is 5.26 Å². The largest absolute Gasteiger partial charge is 0.493 e. The van der Waals surface area contributed by atoms with Crippen LogP contribution in [0.3, 0.4) is 0 Å². The molecule has 0 bridgehead atoms. The van der Waals surface area contributed by atoms with Gasteiger partial charge in [-0.25, -0.2) is 9.97 Å². The Labute approximate surface area is 461 Å². The fourth-order valence-electron chi connectivity index (χ4n) is 7.78. The van der Waals surface area contributed by atoms with Gasteiger partial charge in [-0.1, -0.05) is 29.0 Å². The lowest BCUT2D eigenvalue weighted by Gasteiger charge is -2.12. The molecule has 5 aromatic carbocycles. The zero-order valence-electron chi connectivity index (χ0n) is 40.4. The summed E-state index contributed by atoms with van der Waals surface area (Å²) in [5.74, 6) is -1.82. The van der Waals surface area contributed by atoms with E-state index in [4.69, 9.17) is 16.3 Å². The van der Waals surface area contributed by atoms with Gasteiger partial charge in [0, 0.05) is 21.9 Å². The fourth-order valence-corrected chi connectivity index (χ4v) is 13.0. The summed E-state index contributed by atoms with van der Waals surface area (Å²) in [5, 5.41) is 47.6. The van der Waals surface area contributed by atoms with Gasteiger partial charge in [0.25, 0.3) is 50.6 Å². The van der Waals surface area contributed by atoms with Crippen LogP contribution in [0.5, 0.6) is 11.6 Å². The Hall–Kier alpha value is -6.72. The first-order valence-corrected chi connectivity index (χ1v) is 31.8. The molecule has 35 heteroatoms. The molecule has 0 saturated carbocycles. The summed E-state index contributed by atoms with van der Waals surface area (Å²) >= 11 is 8.51. The van der Waals surface area contributed by atoms with Crippen LogP contribution in [0.15, 0.2) is 111 Å². The molecule has 3 aromatic heterocycles. The monoisotopic (exact) mass is 1240 g/mol. The highest BCUT2D eigenvalue weighted by Crippen LogP contribution is 2.45. The number of hydrogen-bond acceptors (Lipinski definition) is 23. The number of aromatic hydroxyl groups is 1. The maximum absolute atomic E-state index is 12.4. The molecule has 0 aliphatic carbocycles. The first-order valence-electron chi connectivity index (χ1n) is 22.1. The average Bonchev–Trinajstić information content (AvgIpc) is 4.09. The van der Waals surface area contributed by atoms with Crippen molar-refractivity contribution in [3.8, 4) is 17.7 Å². The molecule has 79 heavy (non-hydrogen) atoms. The maximum Gasteiger partial charge on any atom is 0.296 e. The van der Waals surface area contributed by atoms with Gasteiger partial charge in [-0.15, -0.1) is 37.3 Å². The van der Waals surface area contributed by atoms with Gasteiger partial charge in [0.05, 0.1) is 54.3 Å². The number of thioether (sulfide) groups is 1. The summed E-state index contributed by atoms with van der Waals surface area (Å²) in [4.78, 5) is 7.33. The Morgan fingerprint density at radius 2 is 1.35 bits per heavy atom. The van der Waals surface area contributed by atoms with Crippen molar-refractivity contribution in [2.75, 3.05) is 23.9 Å². The molecule has 0 radical (unpaired) electrons. The van der Waals surface area contributed by atoms with Gasteiger partial charge in [-0.2, -0.15) is 52.5 Å². The topological polar surface area (TPSA) is 429 Å². The quantitative estimate of drug-likeness (QED) is 0.0190. The molecule has 0 fully saturated rings. The number of ether oxygens (including phenoxy) is 1. The first kappa shape index (κ1) is 58.4. The van der Waals surface area contributed by atoms with Crippen LogP contribution < -0.4 is 4.74 Å². The van der Waals surface area contributed by atoms with Crippen molar-refractivity contribution < 1.29 is 74.7 Å². The number of aromatic nitrogens is 3. The molecule has 0 amide bonds. The zero-order valence-corrected chi connectivity index (χ0v) is 46.9. The lowest BCUT2D eigenvalue weighted by atomic mass is 10.1. The number of halogens is 1. The normalized spacial score (nSPS) is 13.1. The predicted molar refractivity (Wildman–Crippen MR) is 289 cm³/mol. The highest BCUT2D eigenvalue weighted by Gasteiger charge is 2.26. The first-order chi connectivity index (χ1) is 36.8. The van der Waals surface area contributed by atoms with E-state index in [-0.39, 0.29) is 129 Å². The highest BCUT2D eigenvalue weighted by molar-refractivity contribution is 7.99. The van der Waals surface area contributed by atoms with E-state index in [0.29, 0.717) is 5.56 Å². The van der Waals surface area contributed by atoms with Crippen molar-refractivity contribution in [2.45, 2.75) is 53.2 Å². The van der Waals surface area contributed by atoms with Gasteiger partial charge in [-0.3, -0.25) is 27.2 Å². The van der Waals surface area contributed by atoms with E-state index in [1.807, 2.05) is 6.07 Å². The summed E-state index contributed by atoms with van der Waals surface area (Å²) in [5.41, 5.74) is 0.228. The number of nitriles is 1. The van der Waals surface area contributed by atoms with Gasteiger partial charge >= 0.3 is 0 Å². The SMILES string of the molecule is Cc1cc(N=Nc2c(C)c(C#N)c3nc4c(C)c(S(=O)(=O)O)ccc4n3c2O)c(OCCCS(=O)(=O)O)cc1N=Nc1cc(Cl)c(N=Nc2nc3c(S(=O)(=O)O)cc4ccc(S(=O)(=O)O)cc4c3s2)cc1SCCCS(=O)(=O)O. The molecule has 0 aliphatic heterocycles. The summed E-state index contributed by atoms with van der Waals surface area (Å²) in [6.45, 7) is 4.13. The number of rotatable bonds is 19. The number of imidazole rings is 1. The van der Waals surface area contributed by atoms with E-state index >= 15 is 0 Å². The van der Waals surface area contributed by atoms with E-state index in [2.05, 4.69) is 40.7 Å². The van der Waals surface area contributed by atoms with Crippen LogP contribution in [0.1, 0.15) is 35.1 Å². The number of aryl methyl sites for hydroxylation is 2. The van der Waals surface area contributed by atoms with Gasteiger partial charge in [0.1, 0.15) is 44.9 Å². The molecule has 0 aliphatic rings. The van der Waals surface area contributed by atoms with E-state index in [0.717, 1.165) is 51.8 Å². The maximum atomic E-state index is 12.4. The van der Waals surface area contributed by atoms with Crippen molar-refractivity contribution in [2.24, 2.45) is 30.7 Å². The Bertz CT molecular complexity index is 4620. The molecule has 8 rings (SSSR count). The molecule has 0 unspecified atom stereocenters. The minimum absolute atomic E-state index is 0.0175. The summed E-state index contributed by atoms with van der Waals surface area (Å²) in [7, 11) is -23.0. The minimum Gasteiger partial charge on any atom is -0.493 e. The second-order valence-corrected chi connectivity index (χ2v) is 26.8. The lowest BCUT2D eigenvalue weighted by Crippen LogP contribution is -2.08. The molecule has 6 N–H and O–H groups in total. The molecule has 0 atom stereocenters. The smallest absolute Gasteiger partial charge is 0.296 e. The molecular weight excluding hydrogens is 1200 g/mol. The molecule has 8 aromatic rings. The Morgan fingerprint density at radius 1 is 0.696 bits per heavy atom. The average molecular weight is 1240 g/mol. The van der Waals surface area contributed by atoms with Crippen molar-refractivity contribution in [3.63, 3.8) is 0 Å². The number of hydrogen-bond donors (Lipinski definition) is 6. The van der Waals surface area contributed by atoms with E-state index in [9.17, 15) is 75.2 Å². The third-order valence-electron chi connectivity index (χ3n) is 11.5. The van der Waals surface area contributed by atoms with E-state index in [1.165, 1.54) is 50.2 Å². The van der Waals surface area contributed by atoms with Crippen LogP contribution in [0.4, 0.5) is 33.6 Å². The van der Waals surface area contributed by atoms with E-state index < -0.39 is 82.7 Å². The lowest BCUT2D eigenvalue weighted by molar-refractivity contribution is 0.317. The van der Waals surface area contributed by atoms with Crippen LogP contribution >= 0.6 is 34.7 Å². The van der Waals surface area contributed by atoms with Crippen LogP contribution in [-0.2, 0) is 50.6 Å². The third kappa shape index (κ3) is 13.0. The second kappa shape index (κ2) is 22.1. The number of thiazole rings is 1. The minimum atomic E-state index is -4.90. The number of nitrogens with zero attached hydrogens (tertiary/aromatic N) is 10.